The molecule has 2 N–H and O–H groups in total. The minimum atomic E-state index is -0.642. The molecule has 0 amide bonds. The lowest BCUT2D eigenvalue weighted by Crippen LogP contribution is -2.26. The monoisotopic (exact) mass is 194 g/mol. The van der Waals surface area contributed by atoms with Crippen molar-refractivity contribution in [1.82, 2.24) is 0 Å². The van der Waals surface area contributed by atoms with Crippen LogP contribution in [-0.4, -0.2) is 16.7 Å². The van der Waals surface area contributed by atoms with Gasteiger partial charge in [0.05, 0.1) is 11.0 Å². The number of benzene rings is 1. The summed E-state index contributed by atoms with van der Waals surface area (Å²) < 4.78 is 0. The van der Waals surface area contributed by atoms with Crippen molar-refractivity contribution >= 4 is 11.5 Å². The van der Waals surface area contributed by atoms with Crippen LogP contribution in [0.3, 0.4) is 0 Å². The van der Waals surface area contributed by atoms with Crippen LogP contribution in [0, 0.1) is 10.1 Å². The Hall–Kier alpha value is -1.75. The first kappa shape index (κ1) is 10.3. The zero-order valence-corrected chi connectivity index (χ0v) is 7.64. The lowest BCUT2D eigenvalue weighted by Gasteiger charge is -2.03. The maximum absolute atomic E-state index is 11.4. The fourth-order valence-electron chi connectivity index (χ4n) is 1.04. The Bertz CT molecular complexity index is 374. The molecule has 0 saturated heterocycles. The van der Waals surface area contributed by atoms with Gasteiger partial charge in [-0.1, -0.05) is 12.1 Å². The van der Waals surface area contributed by atoms with E-state index in [0.29, 0.717) is 0 Å². The molecule has 74 valence electrons. The van der Waals surface area contributed by atoms with Crippen molar-refractivity contribution in [2.75, 3.05) is 0 Å². The molecule has 1 aromatic carbocycles. The minimum Gasteiger partial charge on any atom is -0.321 e. The van der Waals surface area contributed by atoms with Gasteiger partial charge in [0, 0.05) is 17.7 Å². The van der Waals surface area contributed by atoms with E-state index in [4.69, 9.17) is 5.73 Å². The van der Waals surface area contributed by atoms with Gasteiger partial charge in [-0.2, -0.15) is 0 Å². The Kier molecular flexibility index (Phi) is 2.93. The topological polar surface area (TPSA) is 86.2 Å². The predicted octanol–water partition coefficient (Wildman–Crippen LogP) is 1.12. The maximum Gasteiger partial charge on any atom is 0.270 e. The van der Waals surface area contributed by atoms with Gasteiger partial charge in [-0.15, -0.1) is 0 Å². The average molecular weight is 194 g/mol. The second-order valence-corrected chi connectivity index (χ2v) is 2.96. The van der Waals surface area contributed by atoms with Crippen molar-refractivity contribution in [3.63, 3.8) is 0 Å². The quantitative estimate of drug-likeness (QED) is 0.444. The highest BCUT2D eigenvalue weighted by Gasteiger charge is 2.14. The number of nitro benzene ring substituents is 1. The third-order valence-corrected chi connectivity index (χ3v) is 1.76. The van der Waals surface area contributed by atoms with Crippen LogP contribution < -0.4 is 5.73 Å². The molecule has 14 heavy (non-hydrogen) atoms. The molecule has 0 aliphatic rings. The van der Waals surface area contributed by atoms with Crippen LogP contribution in [0.4, 0.5) is 5.69 Å². The van der Waals surface area contributed by atoms with Gasteiger partial charge >= 0.3 is 0 Å². The number of hydrogen-bond acceptors (Lipinski definition) is 4. The van der Waals surface area contributed by atoms with Crippen molar-refractivity contribution in [3.8, 4) is 0 Å². The maximum atomic E-state index is 11.4. The smallest absolute Gasteiger partial charge is 0.270 e. The molecule has 1 atom stereocenters. The number of carbonyl (C=O) groups excluding carboxylic acids is 1. The number of nitro groups is 1. The standard InChI is InChI=1S/C9H10N2O3/c1-6(10)9(12)7-3-2-4-8(5-7)11(13)14/h2-6H,10H2,1H3. The molecular weight excluding hydrogens is 184 g/mol. The normalized spacial score (nSPS) is 12.1. The highest BCUT2D eigenvalue weighted by atomic mass is 16.6. The molecule has 0 fully saturated rings. The molecule has 0 radical (unpaired) electrons. The van der Waals surface area contributed by atoms with Crippen molar-refractivity contribution < 1.29 is 9.72 Å². The summed E-state index contributed by atoms with van der Waals surface area (Å²) in [7, 11) is 0. The fraction of sp³-hybridized carbons (Fsp3) is 0.222. The van der Waals surface area contributed by atoms with E-state index in [-0.39, 0.29) is 17.0 Å². The van der Waals surface area contributed by atoms with Crippen molar-refractivity contribution in [1.29, 1.82) is 0 Å². The lowest BCUT2D eigenvalue weighted by atomic mass is 10.1. The predicted molar refractivity (Wildman–Crippen MR) is 51.1 cm³/mol. The Balaban J connectivity index is 3.06. The highest BCUT2D eigenvalue weighted by Crippen LogP contribution is 2.13. The van der Waals surface area contributed by atoms with Crippen LogP contribution in [0.25, 0.3) is 0 Å². The zero-order valence-electron chi connectivity index (χ0n) is 7.64. The molecule has 1 aromatic rings. The van der Waals surface area contributed by atoms with E-state index in [0.717, 1.165) is 0 Å². The van der Waals surface area contributed by atoms with Crippen LogP contribution in [0.1, 0.15) is 17.3 Å². The van der Waals surface area contributed by atoms with E-state index in [2.05, 4.69) is 0 Å². The fourth-order valence-corrected chi connectivity index (χ4v) is 1.04. The summed E-state index contributed by atoms with van der Waals surface area (Å²) in [5.41, 5.74) is 5.55. The summed E-state index contributed by atoms with van der Waals surface area (Å²) >= 11 is 0. The minimum absolute atomic E-state index is 0.100. The summed E-state index contributed by atoms with van der Waals surface area (Å²) in [5, 5.41) is 10.4. The van der Waals surface area contributed by atoms with Crippen molar-refractivity contribution in [2.45, 2.75) is 13.0 Å². The first-order valence-electron chi connectivity index (χ1n) is 4.06. The van der Waals surface area contributed by atoms with E-state index in [1.807, 2.05) is 0 Å². The first-order valence-corrected chi connectivity index (χ1v) is 4.06. The van der Waals surface area contributed by atoms with E-state index < -0.39 is 11.0 Å². The number of hydrogen-bond donors (Lipinski definition) is 1. The Morgan fingerprint density at radius 1 is 1.57 bits per heavy atom. The van der Waals surface area contributed by atoms with Gasteiger partial charge in [-0.05, 0) is 6.92 Å². The molecule has 0 saturated carbocycles. The number of non-ortho nitro benzene ring substituents is 1. The number of nitrogens with zero attached hydrogens (tertiary/aromatic N) is 1. The summed E-state index contributed by atoms with van der Waals surface area (Å²) in [4.78, 5) is 21.2. The van der Waals surface area contributed by atoms with E-state index in [1.54, 1.807) is 6.92 Å². The molecule has 0 spiro atoms. The number of rotatable bonds is 3. The van der Waals surface area contributed by atoms with Crippen LogP contribution in [0.2, 0.25) is 0 Å². The Morgan fingerprint density at radius 3 is 2.71 bits per heavy atom. The van der Waals surface area contributed by atoms with Gasteiger partial charge in [0.25, 0.3) is 5.69 Å². The average Bonchev–Trinajstić information content (AvgIpc) is 2.16. The van der Waals surface area contributed by atoms with Crippen LogP contribution in [0.5, 0.6) is 0 Å². The van der Waals surface area contributed by atoms with Crippen LogP contribution >= 0.6 is 0 Å². The highest BCUT2D eigenvalue weighted by molar-refractivity contribution is 6.00. The van der Waals surface area contributed by atoms with Gasteiger partial charge in [0.1, 0.15) is 0 Å². The van der Waals surface area contributed by atoms with E-state index in [9.17, 15) is 14.9 Å². The molecule has 0 bridgehead atoms. The van der Waals surface area contributed by atoms with Crippen molar-refractivity contribution in [2.24, 2.45) is 5.73 Å². The van der Waals surface area contributed by atoms with Crippen LogP contribution in [0.15, 0.2) is 24.3 Å². The van der Waals surface area contributed by atoms with Gasteiger partial charge < -0.3 is 5.73 Å². The van der Waals surface area contributed by atoms with Crippen LogP contribution in [-0.2, 0) is 0 Å². The summed E-state index contributed by atoms with van der Waals surface area (Å²) in [5.74, 6) is -0.297. The number of ketones is 1. The Morgan fingerprint density at radius 2 is 2.21 bits per heavy atom. The third-order valence-electron chi connectivity index (χ3n) is 1.76. The first-order chi connectivity index (χ1) is 6.52. The molecule has 0 aliphatic carbocycles. The molecule has 0 heterocycles. The zero-order chi connectivity index (χ0) is 10.7. The van der Waals surface area contributed by atoms with Crippen molar-refractivity contribution in [3.05, 3.63) is 39.9 Å². The van der Waals surface area contributed by atoms with Gasteiger partial charge in [-0.3, -0.25) is 14.9 Å². The van der Waals surface area contributed by atoms with Gasteiger partial charge in [0.15, 0.2) is 5.78 Å². The Labute approximate surface area is 80.7 Å². The summed E-state index contributed by atoms with van der Waals surface area (Å²) in [6, 6.07) is 4.90. The molecule has 1 rings (SSSR count). The largest absolute Gasteiger partial charge is 0.321 e. The second kappa shape index (κ2) is 3.97. The molecule has 0 aliphatic heterocycles. The number of carbonyl (C=O) groups is 1. The van der Waals surface area contributed by atoms with E-state index in [1.165, 1.54) is 24.3 Å². The second-order valence-electron chi connectivity index (χ2n) is 2.96. The number of Topliss-reactive ketones (excluding diaryl/α,β-unsaturated/α-hetero) is 1. The van der Waals surface area contributed by atoms with Gasteiger partial charge in [-0.25, -0.2) is 0 Å². The third kappa shape index (κ3) is 2.14. The van der Waals surface area contributed by atoms with Gasteiger partial charge in [0.2, 0.25) is 0 Å². The SMILES string of the molecule is CC(N)C(=O)c1cccc([N+](=O)[O-])c1. The molecule has 1 unspecified atom stereocenters. The summed E-state index contributed by atoms with van der Waals surface area (Å²) in [6.07, 6.45) is 0. The molecule has 5 heteroatoms. The molecule has 5 nitrogen and oxygen atoms in total. The van der Waals surface area contributed by atoms with E-state index >= 15 is 0 Å². The molecule has 0 aromatic heterocycles. The molecular formula is C9H10N2O3. The lowest BCUT2D eigenvalue weighted by molar-refractivity contribution is -0.384. The number of nitrogens with two attached hydrogens (primary N) is 1. The summed E-state index contributed by atoms with van der Waals surface area (Å²) in [6.45, 7) is 1.54.